The van der Waals surface area contributed by atoms with E-state index in [1.54, 1.807) is 18.3 Å². The second-order valence-electron chi connectivity index (χ2n) is 6.74. The SMILES string of the molecule is CN(C)S(=O)(=O)c1ccc(CNC(=O)c2cc3ccccc3c3cccnc23)s1. The van der Waals surface area contributed by atoms with Gasteiger partial charge in [-0.05, 0) is 35.0 Å². The van der Waals surface area contributed by atoms with Crippen LogP contribution in [-0.4, -0.2) is 37.7 Å². The average molecular weight is 426 g/mol. The standard InChI is InChI=1S/C21H19N3O3S2/c1-24(2)29(26,27)19-10-9-15(28-19)13-23-21(25)18-12-14-6-3-4-7-16(14)17-8-5-11-22-20(17)18/h3-12H,13H2,1-2H3,(H,23,25). The Balaban J connectivity index is 1.63. The number of carbonyl (C=O) groups excluding carboxylic acids is 1. The summed E-state index contributed by atoms with van der Waals surface area (Å²) < 4.78 is 25.9. The van der Waals surface area contributed by atoms with Gasteiger partial charge < -0.3 is 5.32 Å². The van der Waals surface area contributed by atoms with Gasteiger partial charge in [0.15, 0.2) is 0 Å². The van der Waals surface area contributed by atoms with Crippen LogP contribution >= 0.6 is 11.3 Å². The van der Waals surface area contributed by atoms with Crippen molar-refractivity contribution in [3.8, 4) is 0 Å². The van der Waals surface area contributed by atoms with Crippen molar-refractivity contribution < 1.29 is 13.2 Å². The first-order valence-electron chi connectivity index (χ1n) is 8.94. The number of sulfonamides is 1. The highest BCUT2D eigenvalue weighted by Crippen LogP contribution is 2.28. The third kappa shape index (κ3) is 3.62. The Morgan fingerprint density at radius 3 is 2.62 bits per heavy atom. The first-order valence-corrected chi connectivity index (χ1v) is 11.2. The third-order valence-corrected chi connectivity index (χ3v) is 8.02. The van der Waals surface area contributed by atoms with E-state index >= 15 is 0 Å². The van der Waals surface area contributed by atoms with Crippen molar-refractivity contribution in [3.63, 3.8) is 0 Å². The van der Waals surface area contributed by atoms with Gasteiger partial charge in [0.25, 0.3) is 15.9 Å². The first-order chi connectivity index (χ1) is 13.9. The normalized spacial score (nSPS) is 12.0. The van der Waals surface area contributed by atoms with E-state index in [4.69, 9.17) is 0 Å². The van der Waals surface area contributed by atoms with E-state index < -0.39 is 10.0 Å². The molecule has 0 spiro atoms. The molecule has 0 atom stereocenters. The van der Waals surface area contributed by atoms with Crippen LogP contribution in [-0.2, 0) is 16.6 Å². The average Bonchev–Trinajstić information content (AvgIpc) is 3.21. The summed E-state index contributed by atoms with van der Waals surface area (Å²) in [5.41, 5.74) is 1.14. The molecule has 0 bridgehead atoms. The minimum absolute atomic E-state index is 0.244. The molecule has 0 aliphatic heterocycles. The zero-order chi connectivity index (χ0) is 20.6. The van der Waals surface area contributed by atoms with Crippen molar-refractivity contribution in [2.45, 2.75) is 10.8 Å². The largest absolute Gasteiger partial charge is 0.347 e. The zero-order valence-electron chi connectivity index (χ0n) is 15.9. The Labute approximate surface area is 172 Å². The van der Waals surface area contributed by atoms with Crippen LogP contribution in [0.4, 0.5) is 0 Å². The predicted molar refractivity (Wildman–Crippen MR) is 116 cm³/mol. The van der Waals surface area contributed by atoms with E-state index in [-0.39, 0.29) is 16.7 Å². The number of thiophene rings is 1. The number of hydrogen-bond donors (Lipinski definition) is 1. The highest BCUT2D eigenvalue weighted by Gasteiger charge is 2.20. The molecule has 2 aromatic heterocycles. The molecule has 4 aromatic rings. The fraction of sp³-hybridized carbons (Fsp3) is 0.143. The Morgan fingerprint density at radius 2 is 1.83 bits per heavy atom. The van der Waals surface area contributed by atoms with Crippen molar-refractivity contribution >= 4 is 48.9 Å². The Kier molecular flexibility index (Phi) is 5.08. The Morgan fingerprint density at radius 1 is 1.07 bits per heavy atom. The quantitative estimate of drug-likeness (QED) is 0.495. The van der Waals surface area contributed by atoms with Crippen LogP contribution in [0.2, 0.25) is 0 Å². The molecule has 29 heavy (non-hydrogen) atoms. The summed E-state index contributed by atoms with van der Waals surface area (Å²) in [5.74, 6) is -0.245. The molecule has 2 heterocycles. The van der Waals surface area contributed by atoms with Gasteiger partial charge in [0.1, 0.15) is 4.21 Å². The maximum atomic E-state index is 12.9. The molecule has 0 aliphatic rings. The van der Waals surface area contributed by atoms with Crippen LogP contribution in [0.15, 0.2) is 65.0 Å². The maximum Gasteiger partial charge on any atom is 0.253 e. The molecule has 0 saturated heterocycles. The van der Waals surface area contributed by atoms with Gasteiger partial charge in [0, 0.05) is 30.6 Å². The smallest absolute Gasteiger partial charge is 0.253 e. The number of benzene rings is 2. The molecular formula is C21H19N3O3S2. The highest BCUT2D eigenvalue weighted by molar-refractivity contribution is 7.91. The van der Waals surface area contributed by atoms with Crippen molar-refractivity contribution in [1.29, 1.82) is 0 Å². The minimum Gasteiger partial charge on any atom is -0.347 e. The summed E-state index contributed by atoms with van der Waals surface area (Å²) in [7, 11) is -0.482. The van der Waals surface area contributed by atoms with Gasteiger partial charge in [-0.2, -0.15) is 0 Å². The summed E-state index contributed by atoms with van der Waals surface area (Å²) >= 11 is 1.15. The monoisotopic (exact) mass is 425 g/mol. The number of pyridine rings is 1. The van der Waals surface area contributed by atoms with Gasteiger partial charge in [0.2, 0.25) is 0 Å². The Bertz CT molecular complexity index is 1330. The van der Waals surface area contributed by atoms with Gasteiger partial charge in [-0.1, -0.05) is 30.3 Å². The number of carbonyl (C=O) groups is 1. The van der Waals surface area contributed by atoms with E-state index in [2.05, 4.69) is 10.3 Å². The van der Waals surface area contributed by atoms with Gasteiger partial charge in [0.05, 0.1) is 17.6 Å². The lowest BCUT2D eigenvalue weighted by Gasteiger charge is -2.10. The third-order valence-electron chi connectivity index (χ3n) is 4.65. The molecule has 0 fully saturated rings. The molecule has 0 saturated carbocycles. The minimum atomic E-state index is -3.47. The molecule has 2 aromatic carbocycles. The van der Waals surface area contributed by atoms with Gasteiger partial charge in [-0.3, -0.25) is 9.78 Å². The molecule has 148 valence electrons. The number of rotatable bonds is 5. The lowest BCUT2D eigenvalue weighted by molar-refractivity contribution is 0.0953. The molecule has 1 amide bonds. The van der Waals surface area contributed by atoms with Gasteiger partial charge >= 0.3 is 0 Å². The second-order valence-corrected chi connectivity index (χ2v) is 10.3. The van der Waals surface area contributed by atoms with E-state index in [1.165, 1.54) is 18.4 Å². The van der Waals surface area contributed by atoms with Gasteiger partial charge in [-0.25, -0.2) is 12.7 Å². The van der Waals surface area contributed by atoms with Crippen molar-refractivity contribution in [1.82, 2.24) is 14.6 Å². The molecule has 0 unspecified atom stereocenters. The van der Waals surface area contributed by atoms with Crippen LogP contribution in [0, 0.1) is 0 Å². The lowest BCUT2D eigenvalue weighted by atomic mass is 10.0. The summed E-state index contributed by atoms with van der Waals surface area (Å²) in [6.07, 6.45) is 1.67. The number of amides is 1. The van der Waals surface area contributed by atoms with Crippen LogP contribution in [0.1, 0.15) is 15.2 Å². The van der Waals surface area contributed by atoms with Crippen LogP contribution in [0.25, 0.3) is 21.7 Å². The Hall–Kier alpha value is -2.81. The summed E-state index contributed by atoms with van der Waals surface area (Å²) in [4.78, 5) is 18.1. The lowest BCUT2D eigenvalue weighted by Crippen LogP contribution is -2.23. The number of fused-ring (bicyclic) bond motifs is 3. The molecule has 6 nitrogen and oxygen atoms in total. The fourth-order valence-corrected chi connectivity index (χ4v) is 5.60. The molecular weight excluding hydrogens is 406 g/mol. The van der Waals surface area contributed by atoms with Gasteiger partial charge in [-0.15, -0.1) is 11.3 Å². The zero-order valence-corrected chi connectivity index (χ0v) is 17.5. The van der Waals surface area contributed by atoms with E-state index in [1.807, 2.05) is 42.5 Å². The number of nitrogens with zero attached hydrogens (tertiary/aromatic N) is 2. The number of aromatic nitrogens is 1. The number of nitrogens with one attached hydrogen (secondary N) is 1. The van der Waals surface area contributed by atoms with E-state index in [9.17, 15) is 13.2 Å². The predicted octanol–water partition coefficient (Wildman–Crippen LogP) is 3.63. The number of hydrogen-bond acceptors (Lipinski definition) is 5. The van der Waals surface area contributed by atoms with Crippen LogP contribution < -0.4 is 5.32 Å². The second kappa shape index (κ2) is 7.55. The van der Waals surface area contributed by atoms with Crippen molar-refractivity contribution in [2.75, 3.05) is 14.1 Å². The summed E-state index contributed by atoms with van der Waals surface area (Å²) in [5, 5.41) is 5.82. The van der Waals surface area contributed by atoms with Crippen LogP contribution in [0.3, 0.4) is 0 Å². The van der Waals surface area contributed by atoms with E-state index in [0.717, 1.165) is 32.4 Å². The van der Waals surface area contributed by atoms with Crippen molar-refractivity contribution in [2.24, 2.45) is 0 Å². The molecule has 0 radical (unpaired) electrons. The fourth-order valence-electron chi connectivity index (χ4n) is 3.14. The maximum absolute atomic E-state index is 12.9. The molecule has 4 rings (SSSR count). The topological polar surface area (TPSA) is 79.4 Å². The molecule has 8 heteroatoms. The van der Waals surface area contributed by atoms with Crippen molar-refractivity contribution in [3.05, 3.63) is 71.2 Å². The summed E-state index contributed by atoms with van der Waals surface area (Å²) in [6.45, 7) is 0.244. The molecule has 1 N–H and O–H groups in total. The van der Waals surface area contributed by atoms with E-state index in [0.29, 0.717) is 11.1 Å². The summed E-state index contributed by atoms with van der Waals surface area (Å²) in [6, 6.07) is 16.8. The van der Waals surface area contributed by atoms with Crippen LogP contribution in [0.5, 0.6) is 0 Å². The highest BCUT2D eigenvalue weighted by atomic mass is 32.2. The molecule has 0 aliphatic carbocycles. The first kappa shape index (κ1) is 19.5.